The van der Waals surface area contributed by atoms with E-state index in [1.54, 1.807) is 11.8 Å². The lowest BCUT2D eigenvalue weighted by Crippen LogP contribution is -2.37. The van der Waals surface area contributed by atoms with Gasteiger partial charge in [-0.05, 0) is 19.1 Å². The molecule has 2 aromatic rings. The predicted molar refractivity (Wildman–Crippen MR) is 82.5 cm³/mol. The van der Waals surface area contributed by atoms with E-state index < -0.39 is 0 Å². The summed E-state index contributed by atoms with van der Waals surface area (Å²) in [6, 6.07) is 8.10. The van der Waals surface area contributed by atoms with Crippen LogP contribution in [0.15, 0.2) is 33.9 Å². The lowest BCUT2D eigenvalue weighted by molar-refractivity contribution is 0.0410. The Morgan fingerprint density at radius 2 is 1.90 bits per heavy atom. The van der Waals surface area contributed by atoms with Crippen molar-refractivity contribution < 1.29 is 9.15 Å². The van der Waals surface area contributed by atoms with Gasteiger partial charge in [-0.25, -0.2) is 0 Å². The van der Waals surface area contributed by atoms with E-state index in [0.717, 1.165) is 44.2 Å². The van der Waals surface area contributed by atoms with E-state index in [2.05, 4.69) is 22.0 Å². The Balaban J connectivity index is 1.51. The number of hydrogen-bond acceptors (Lipinski definition) is 6. The van der Waals surface area contributed by atoms with Crippen molar-refractivity contribution in [2.45, 2.75) is 12.1 Å². The van der Waals surface area contributed by atoms with Crippen LogP contribution in [0.5, 0.6) is 0 Å². The van der Waals surface area contributed by atoms with Crippen molar-refractivity contribution >= 4 is 11.8 Å². The van der Waals surface area contributed by atoms with Gasteiger partial charge in [-0.1, -0.05) is 29.5 Å². The van der Waals surface area contributed by atoms with Gasteiger partial charge >= 0.3 is 0 Å². The quantitative estimate of drug-likeness (QED) is 0.791. The number of morpholine rings is 1. The summed E-state index contributed by atoms with van der Waals surface area (Å²) in [5, 5.41) is 8.85. The minimum Gasteiger partial charge on any atom is -0.411 e. The normalized spacial score (nSPS) is 16.2. The van der Waals surface area contributed by atoms with E-state index in [1.165, 1.54) is 5.56 Å². The number of rotatable bonds is 5. The zero-order chi connectivity index (χ0) is 14.5. The molecule has 0 aliphatic carbocycles. The molecule has 6 heteroatoms. The van der Waals surface area contributed by atoms with Crippen molar-refractivity contribution in [3.8, 4) is 11.5 Å². The highest BCUT2D eigenvalue weighted by Crippen LogP contribution is 2.23. The maximum Gasteiger partial charge on any atom is 0.276 e. The van der Waals surface area contributed by atoms with E-state index in [9.17, 15) is 0 Å². The topological polar surface area (TPSA) is 51.4 Å². The third-order valence-corrected chi connectivity index (χ3v) is 4.24. The van der Waals surface area contributed by atoms with Crippen LogP contribution < -0.4 is 0 Å². The molecule has 0 unspecified atom stereocenters. The van der Waals surface area contributed by atoms with Crippen LogP contribution in [0.1, 0.15) is 5.56 Å². The molecule has 1 saturated heterocycles. The van der Waals surface area contributed by atoms with Gasteiger partial charge in [0.2, 0.25) is 5.89 Å². The summed E-state index contributed by atoms with van der Waals surface area (Å²) in [5.74, 6) is 1.54. The molecule has 5 nitrogen and oxygen atoms in total. The number of benzene rings is 1. The molecule has 0 amide bonds. The lowest BCUT2D eigenvalue weighted by Gasteiger charge is -2.25. The molecular formula is C15H19N3O2S. The molecule has 0 N–H and O–H groups in total. The van der Waals surface area contributed by atoms with Crippen molar-refractivity contribution in [1.82, 2.24) is 15.1 Å². The average Bonchev–Trinajstić information content (AvgIpc) is 2.98. The first-order chi connectivity index (χ1) is 10.3. The van der Waals surface area contributed by atoms with Crippen molar-refractivity contribution in [1.29, 1.82) is 0 Å². The van der Waals surface area contributed by atoms with E-state index in [-0.39, 0.29) is 0 Å². The molecule has 21 heavy (non-hydrogen) atoms. The van der Waals surface area contributed by atoms with Gasteiger partial charge in [-0.2, -0.15) is 0 Å². The van der Waals surface area contributed by atoms with Crippen LogP contribution in [0, 0.1) is 6.92 Å². The number of nitrogens with zero attached hydrogens (tertiary/aromatic N) is 3. The first-order valence-electron chi connectivity index (χ1n) is 7.15. The number of aromatic nitrogens is 2. The van der Waals surface area contributed by atoms with Gasteiger partial charge in [0, 0.05) is 31.0 Å². The highest BCUT2D eigenvalue weighted by atomic mass is 32.2. The molecule has 1 aromatic carbocycles. The average molecular weight is 305 g/mol. The second kappa shape index (κ2) is 7.06. The predicted octanol–water partition coefficient (Wildman–Crippen LogP) is 2.47. The molecular weight excluding hydrogens is 286 g/mol. The van der Waals surface area contributed by atoms with Gasteiger partial charge in [-0.15, -0.1) is 10.2 Å². The highest BCUT2D eigenvalue weighted by Gasteiger charge is 2.12. The first-order valence-corrected chi connectivity index (χ1v) is 8.13. The summed E-state index contributed by atoms with van der Waals surface area (Å²) in [5.41, 5.74) is 2.19. The highest BCUT2D eigenvalue weighted by molar-refractivity contribution is 7.99. The van der Waals surface area contributed by atoms with Gasteiger partial charge in [0.05, 0.1) is 13.2 Å². The largest absolute Gasteiger partial charge is 0.411 e. The minimum atomic E-state index is 0.587. The number of hydrogen-bond donors (Lipinski definition) is 0. The second-order valence-corrected chi connectivity index (χ2v) is 6.09. The fourth-order valence-corrected chi connectivity index (χ4v) is 2.93. The molecule has 3 rings (SSSR count). The Bertz CT molecular complexity index is 565. The summed E-state index contributed by atoms with van der Waals surface area (Å²) in [6.07, 6.45) is 0. The Morgan fingerprint density at radius 1 is 1.14 bits per heavy atom. The fraction of sp³-hybridized carbons (Fsp3) is 0.467. The van der Waals surface area contributed by atoms with E-state index in [0.29, 0.717) is 11.1 Å². The summed E-state index contributed by atoms with van der Waals surface area (Å²) >= 11 is 1.61. The molecule has 1 fully saturated rings. The summed E-state index contributed by atoms with van der Waals surface area (Å²) in [7, 11) is 0. The van der Waals surface area contributed by atoms with Crippen LogP contribution in [0.3, 0.4) is 0 Å². The molecule has 1 aliphatic rings. The fourth-order valence-electron chi connectivity index (χ4n) is 2.17. The minimum absolute atomic E-state index is 0.587. The number of thioether (sulfide) groups is 1. The molecule has 0 spiro atoms. The number of ether oxygens (including phenoxy) is 1. The Kier molecular flexibility index (Phi) is 4.90. The van der Waals surface area contributed by atoms with Crippen LogP contribution >= 0.6 is 11.8 Å². The molecule has 1 aromatic heterocycles. The molecule has 0 atom stereocenters. The molecule has 0 radical (unpaired) electrons. The molecule has 1 aliphatic heterocycles. The first kappa shape index (κ1) is 14.6. The zero-order valence-electron chi connectivity index (χ0n) is 12.1. The van der Waals surface area contributed by atoms with Crippen molar-refractivity contribution in [2.24, 2.45) is 0 Å². The lowest BCUT2D eigenvalue weighted by atomic mass is 10.1. The summed E-state index contributed by atoms with van der Waals surface area (Å²) < 4.78 is 11.0. The Morgan fingerprint density at radius 3 is 2.67 bits per heavy atom. The zero-order valence-corrected chi connectivity index (χ0v) is 12.9. The van der Waals surface area contributed by atoms with Crippen LogP contribution in [0.4, 0.5) is 0 Å². The summed E-state index contributed by atoms with van der Waals surface area (Å²) in [4.78, 5) is 2.40. The third-order valence-electron chi connectivity index (χ3n) is 3.44. The third kappa shape index (κ3) is 4.06. The Labute approximate surface area is 128 Å². The molecule has 2 heterocycles. The molecule has 112 valence electrons. The second-order valence-electron chi connectivity index (χ2n) is 5.04. The van der Waals surface area contributed by atoms with Gasteiger partial charge in [0.25, 0.3) is 5.22 Å². The van der Waals surface area contributed by atoms with Crippen molar-refractivity contribution in [3.05, 3.63) is 29.8 Å². The molecule has 0 bridgehead atoms. The van der Waals surface area contributed by atoms with Crippen molar-refractivity contribution in [2.75, 3.05) is 38.6 Å². The van der Waals surface area contributed by atoms with Gasteiger partial charge < -0.3 is 9.15 Å². The van der Waals surface area contributed by atoms with Gasteiger partial charge in [0.1, 0.15) is 0 Å². The van der Waals surface area contributed by atoms with E-state index in [4.69, 9.17) is 9.15 Å². The van der Waals surface area contributed by atoms with Crippen LogP contribution in [0.2, 0.25) is 0 Å². The molecule has 0 saturated carbocycles. The Hall–Kier alpha value is -1.37. The number of aryl methyl sites for hydroxylation is 1. The van der Waals surface area contributed by atoms with Crippen LogP contribution in [0.25, 0.3) is 11.5 Å². The van der Waals surface area contributed by atoms with Crippen molar-refractivity contribution in [3.63, 3.8) is 0 Å². The smallest absolute Gasteiger partial charge is 0.276 e. The monoisotopic (exact) mass is 305 g/mol. The van der Waals surface area contributed by atoms with Crippen LogP contribution in [-0.4, -0.2) is 53.7 Å². The van der Waals surface area contributed by atoms with Crippen LogP contribution in [-0.2, 0) is 4.74 Å². The van der Waals surface area contributed by atoms with E-state index in [1.807, 2.05) is 24.3 Å². The maximum atomic E-state index is 5.70. The van der Waals surface area contributed by atoms with Gasteiger partial charge in [0.15, 0.2) is 0 Å². The summed E-state index contributed by atoms with van der Waals surface area (Å²) in [6.45, 7) is 6.78. The standard InChI is InChI=1S/C15H19N3O2S/c1-12-2-4-13(5-3-12)14-16-17-15(20-14)21-11-8-18-6-9-19-10-7-18/h2-5H,6-11H2,1H3. The maximum absolute atomic E-state index is 5.70. The van der Waals surface area contributed by atoms with E-state index >= 15 is 0 Å². The van der Waals surface area contributed by atoms with Gasteiger partial charge in [-0.3, -0.25) is 4.90 Å². The SMILES string of the molecule is Cc1ccc(-c2nnc(SCCN3CCOCC3)o2)cc1.